The van der Waals surface area contributed by atoms with Gasteiger partial charge >= 0.3 is 5.97 Å². The summed E-state index contributed by atoms with van der Waals surface area (Å²) in [6.45, 7) is 1.47. The van der Waals surface area contributed by atoms with E-state index in [1.807, 2.05) is 30.3 Å². The van der Waals surface area contributed by atoms with Crippen LogP contribution in [0, 0.1) is 5.92 Å². The molecule has 0 radical (unpaired) electrons. The molecule has 0 atom stereocenters. The van der Waals surface area contributed by atoms with Crippen molar-refractivity contribution >= 4 is 17.6 Å². The van der Waals surface area contributed by atoms with Crippen molar-refractivity contribution in [2.45, 2.75) is 12.8 Å². The van der Waals surface area contributed by atoms with Gasteiger partial charge in [0.05, 0.1) is 14.2 Å². The average molecular weight is 354 g/mol. The number of nitrogens with zero attached hydrogens (tertiary/aromatic N) is 2. The summed E-state index contributed by atoms with van der Waals surface area (Å²) in [6.07, 6.45) is 1.55. The number of benzene rings is 1. The molecule has 1 aliphatic heterocycles. The van der Waals surface area contributed by atoms with Crippen LogP contribution in [0.25, 0.3) is 0 Å². The van der Waals surface area contributed by atoms with Crippen molar-refractivity contribution in [1.29, 1.82) is 0 Å². The van der Waals surface area contributed by atoms with Crippen molar-refractivity contribution in [2.75, 3.05) is 32.2 Å². The number of Topliss-reactive ketones (excluding diaryl/α,β-unsaturated/α-hetero) is 1. The number of hydrogen-bond donors (Lipinski definition) is 0. The van der Waals surface area contributed by atoms with Crippen LogP contribution in [0.5, 0.6) is 5.88 Å². The molecular formula is C20H22N2O4. The summed E-state index contributed by atoms with van der Waals surface area (Å²) in [6, 6.07) is 12.9. The van der Waals surface area contributed by atoms with Gasteiger partial charge in [0.2, 0.25) is 5.88 Å². The van der Waals surface area contributed by atoms with Gasteiger partial charge in [-0.3, -0.25) is 4.79 Å². The molecule has 3 rings (SSSR count). The number of esters is 1. The summed E-state index contributed by atoms with van der Waals surface area (Å²) in [4.78, 5) is 30.9. The van der Waals surface area contributed by atoms with Crippen LogP contribution >= 0.6 is 0 Å². The third kappa shape index (κ3) is 3.69. The zero-order valence-electron chi connectivity index (χ0n) is 15.0. The first-order chi connectivity index (χ1) is 12.6. The topological polar surface area (TPSA) is 68.7 Å². The second-order valence-electron chi connectivity index (χ2n) is 6.21. The molecule has 1 aromatic carbocycles. The fraction of sp³-hybridized carbons (Fsp3) is 0.350. The van der Waals surface area contributed by atoms with E-state index in [0.29, 0.717) is 5.56 Å². The molecule has 26 heavy (non-hydrogen) atoms. The predicted molar refractivity (Wildman–Crippen MR) is 97.8 cm³/mol. The molecule has 6 nitrogen and oxygen atoms in total. The summed E-state index contributed by atoms with van der Waals surface area (Å²) in [5.74, 6) is 0.742. The van der Waals surface area contributed by atoms with Gasteiger partial charge in [-0.2, -0.15) is 4.98 Å². The fourth-order valence-electron chi connectivity index (χ4n) is 3.24. The van der Waals surface area contributed by atoms with Crippen molar-refractivity contribution in [1.82, 2.24) is 4.98 Å². The van der Waals surface area contributed by atoms with Gasteiger partial charge in [-0.1, -0.05) is 30.3 Å². The summed E-state index contributed by atoms with van der Waals surface area (Å²) in [5, 5.41) is 0. The Labute approximate surface area is 152 Å². The number of pyridine rings is 1. The monoisotopic (exact) mass is 354 g/mol. The third-order valence-corrected chi connectivity index (χ3v) is 4.69. The zero-order valence-corrected chi connectivity index (χ0v) is 15.0. The SMILES string of the molecule is COC(=O)c1ccc(N2CCC(C(=O)c3ccccc3)CC2)nc1OC. The minimum absolute atomic E-state index is 0.0323. The molecule has 1 fully saturated rings. The molecule has 0 amide bonds. The molecule has 0 aliphatic carbocycles. The van der Waals surface area contributed by atoms with Crippen LogP contribution in [-0.4, -0.2) is 44.0 Å². The number of carbonyl (C=O) groups is 2. The van der Waals surface area contributed by atoms with Crippen molar-refractivity contribution in [3.05, 3.63) is 53.6 Å². The molecule has 6 heteroatoms. The Morgan fingerprint density at radius 1 is 1.04 bits per heavy atom. The number of ketones is 1. The van der Waals surface area contributed by atoms with Crippen LogP contribution in [-0.2, 0) is 4.74 Å². The normalized spacial score (nSPS) is 14.8. The largest absolute Gasteiger partial charge is 0.480 e. The molecule has 136 valence electrons. The van der Waals surface area contributed by atoms with Crippen LogP contribution < -0.4 is 9.64 Å². The molecule has 1 aromatic heterocycles. The van der Waals surface area contributed by atoms with Gasteiger partial charge in [-0.15, -0.1) is 0 Å². The number of methoxy groups -OCH3 is 2. The Morgan fingerprint density at radius 3 is 2.35 bits per heavy atom. The predicted octanol–water partition coefficient (Wildman–Crippen LogP) is 2.98. The standard InChI is InChI=1S/C20H22N2O4/c1-25-19-16(20(24)26-2)8-9-17(21-19)22-12-10-15(11-13-22)18(23)14-6-4-3-5-7-14/h3-9,15H,10-13H2,1-2H3. The van der Waals surface area contributed by atoms with Crippen LogP contribution in [0.3, 0.4) is 0 Å². The van der Waals surface area contributed by atoms with Gasteiger partial charge in [0.15, 0.2) is 5.78 Å². The maximum Gasteiger partial charge on any atom is 0.343 e. The maximum absolute atomic E-state index is 12.6. The van der Waals surface area contributed by atoms with Crippen LogP contribution in [0.4, 0.5) is 5.82 Å². The lowest BCUT2D eigenvalue weighted by Crippen LogP contribution is -2.37. The van der Waals surface area contributed by atoms with E-state index in [-0.39, 0.29) is 17.6 Å². The van der Waals surface area contributed by atoms with Crippen LogP contribution in [0.1, 0.15) is 33.6 Å². The first-order valence-electron chi connectivity index (χ1n) is 8.61. The highest BCUT2D eigenvalue weighted by molar-refractivity contribution is 5.98. The van der Waals surface area contributed by atoms with E-state index < -0.39 is 5.97 Å². The highest BCUT2D eigenvalue weighted by Crippen LogP contribution is 2.27. The smallest absolute Gasteiger partial charge is 0.343 e. The number of ether oxygens (including phenoxy) is 2. The number of aromatic nitrogens is 1. The molecule has 0 saturated carbocycles. The van der Waals surface area contributed by atoms with Crippen molar-refractivity contribution < 1.29 is 19.1 Å². The minimum Gasteiger partial charge on any atom is -0.480 e. The van der Waals surface area contributed by atoms with E-state index >= 15 is 0 Å². The lowest BCUT2D eigenvalue weighted by Gasteiger charge is -2.32. The highest BCUT2D eigenvalue weighted by Gasteiger charge is 2.27. The van der Waals surface area contributed by atoms with Crippen molar-refractivity contribution in [2.24, 2.45) is 5.92 Å². The average Bonchev–Trinajstić information content (AvgIpc) is 2.73. The van der Waals surface area contributed by atoms with E-state index in [9.17, 15) is 9.59 Å². The molecule has 0 N–H and O–H groups in total. The number of anilines is 1. The lowest BCUT2D eigenvalue weighted by molar-refractivity contribution is 0.0596. The number of rotatable bonds is 5. The van der Waals surface area contributed by atoms with E-state index in [4.69, 9.17) is 9.47 Å². The Hall–Kier alpha value is -2.89. The molecule has 0 unspecified atom stereocenters. The quantitative estimate of drug-likeness (QED) is 0.607. The summed E-state index contributed by atoms with van der Waals surface area (Å²) < 4.78 is 9.96. The van der Waals surface area contributed by atoms with Crippen LogP contribution in [0.2, 0.25) is 0 Å². The van der Waals surface area contributed by atoms with E-state index in [1.165, 1.54) is 14.2 Å². The number of carbonyl (C=O) groups excluding carboxylic acids is 2. The van der Waals surface area contributed by atoms with Gasteiger partial charge in [0.1, 0.15) is 11.4 Å². The second kappa shape index (κ2) is 7.99. The number of hydrogen-bond acceptors (Lipinski definition) is 6. The second-order valence-corrected chi connectivity index (χ2v) is 6.21. The van der Waals surface area contributed by atoms with Gasteiger partial charge in [-0.05, 0) is 25.0 Å². The Balaban J connectivity index is 1.68. The third-order valence-electron chi connectivity index (χ3n) is 4.69. The summed E-state index contributed by atoms with van der Waals surface area (Å²) in [7, 11) is 2.80. The summed E-state index contributed by atoms with van der Waals surface area (Å²) >= 11 is 0. The van der Waals surface area contributed by atoms with Crippen molar-refractivity contribution in [3.8, 4) is 5.88 Å². The molecule has 0 spiro atoms. The fourth-order valence-corrected chi connectivity index (χ4v) is 3.24. The van der Waals surface area contributed by atoms with Gasteiger partial charge < -0.3 is 14.4 Å². The minimum atomic E-state index is -0.479. The number of piperidine rings is 1. The van der Waals surface area contributed by atoms with E-state index in [0.717, 1.165) is 37.3 Å². The van der Waals surface area contributed by atoms with Gasteiger partial charge in [-0.25, -0.2) is 4.79 Å². The molecular weight excluding hydrogens is 332 g/mol. The zero-order chi connectivity index (χ0) is 18.5. The summed E-state index contributed by atoms with van der Waals surface area (Å²) in [5.41, 5.74) is 1.07. The first-order valence-corrected chi connectivity index (χ1v) is 8.61. The van der Waals surface area contributed by atoms with E-state index in [1.54, 1.807) is 12.1 Å². The Bertz CT molecular complexity index is 784. The molecule has 1 saturated heterocycles. The molecule has 1 aliphatic rings. The molecule has 2 heterocycles. The Kier molecular flexibility index (Phi) is 5.51. The first kappa shape index (κ1) is 17.9. The van der Waals surface area contributed by atoms with E-state index in [2.05, 4.69) is 9.88 Å². The molecule has 0 bridgehead atoms. The lowest BCUT2D eigenvalue weighted by atomic mass is 9.89. The highest BCUT2D eigenvalue weighted by atomic mass is 16.5. The van der Waals surface area contributed by atoms with Gasteiger partial charge in [0, 0.05) is 24.6 Å². The van der Waals surface area contributed by atoms with Crippen LogP contribution in [0.15, 0.2) is 42.5 Å². The maximum atomic E-state index is 12.6. The van der Waals surface area contributed by atoms with Gasteiger partial charge in [0.25, 0.3) is 0 Å². The Morgan fingerprint density at radius 2 is 1.73 bits per heavy atom. The van der Waals surface area contributed by atoms with Crippen molar-refractivity contribution in [3.63, 3.8) is 0 Å². The molecule has 2 aromatic rings.